The van der Waals surface area contributed by atoms with Crippen LogP contribution in [-0.2, 0) is 9.53 Å². The lowest BCUT2D eigenvalue weighted by Crippen LogP contribution is -2.54. The second kappa shape index (κ2) is 5.85. The van der Waals surface area contributed by atoms with Gasteiger partial charge in [0.25, 0.3) is 0 Å². The summed E-state index contributed by atoms with van der Waals surface area (Å²) >= 11 is 0. The summed E-state index contributed by atoms with van der Waals surface area (Å²) < 4.78 is 5.43. The minimum atomic E-state index is -0.658. The highest BCUT2D eigenvalue weighted by molar-refractivity contribution is 5.82. The summed E-state index contributed by atoms with van der Waals surface area (Å²) in [6.45, 7) is 2.62. The first-order valence-electron chi connectivity index (χ1n) is 5.32. The lowest BCUT2D eigenvalue weighted by molar-refractivity contribution is -0.148. The van der Waals surface area contributed by atoms with E-state index in [-0.39, 0.29) is 31.1 Å². The summed E-state index contributed by atoms with van der Waals surface area (Å²) in [5.74, 6) is 2.20. The summed E-state index contributed by atoms with van der Waals surface area (Å²) in [5.41, 5.74) is 5.65. The molecule has 3 atom stereocenters. The van der Waals surface area contributed by atoms with Gasteiger partial charge in [-0.1, -0.05) is 0 Å². The van der Waals surface area contributed by atoms with E-state index >= 15 is 0 Å². The first-order valence-corrected chi connectivity index (χ1v) is 5.32. The molecule has 1 saturated heterocycles. The van der Waals surface area contributed by atoms with Crippen molar-refractivity contribution in [3.63, 3.8) is 0 Å². The average molecular weight is 226 g/mol. The number of rotatable bonds is 3. The van der Waals surface area contributed by atoms with E-state index in [2.05, 4.69) is 5.92 Å². The molecule has 1 aliphatic rings. The van der Waals surface area contributed by atoms with Crippen molar-refractivity contribution in [2.24, 2.45) is 5.73 Å². The number of terminal acetylenes is 1. The zero-order valence-corrected chi connectivity index (χ0v) is 9.43. The topological polar surface area (TPSA) is 75.8 Å². The summed E-state index contributed by atoms with van der Waals surface area (Å²) in [6, 6.07) is -0.658. The maximum atomic E-state index is 11.9. The van der Waals surface area contributed by atoms with Crippen molar-refractivity contribution in [1.82, 2.24) is 4.90 Å². The number of nitrogens with zero attached hydrogens (tertiary/aromatic N) is 1. The maximum absolute atomic E-state index is 11.9. The molecule has 0 radical (unpaired) electrons. The Balaban J connectivity index is 2.58. The van der Waals surface area contributed by atoms with Crippen LogP contribution in [-0.4, -0.2) is 53.9 Å². The molecule has 16 heavy (non-hydrogen) atoms. The van der Waals surface area contributed by atoms with E-state index in [0.717, 1.165) is 0 Å². The number of hydrogen-bond donors (Lipinski definition) is 2. The van der Waals surface area contributed by atoms with Crippen molar-refractivity contribution in [3.05, 3.63) is 0 Å². The number of hydrogen-bond acceptors (Lipinski definition) is 4. The Labute approximate surface area is 95.6 Å². The molecule has 1 aliphatic heterocycles. The molecule has 0 aromatic carbocycles. The predicted molar refractivity (Wildman–Crippen MR) is 59.4 cm³/mol. The van der Waals surface area contributed by atoms with E-state index in [4.69, 9.17) is 22.0 Å². The fourth-order valence-corrected chi connectivity index (χ4v) is 1.77. The van der Waals surface area contributed by atoms with Gasteiger partial charge in [0.1, 0.15) is 0 Å². The van der Waals surface area contributed by atoms with Gasteiger partial charge in [0, 0.05) is 19.5 Å². The highest BCUT2D eigenvalue weighted by atomic mass is 16.5. The van der Waals surface area contributed by atoms with Gasteiger partial charge in [0.15, 0.2) is 0 Å². The first-order chi connectivity index (χ1) is 7.58. The highest BCUT2D eigenvalue weighted by Crippen LogP contribution is 2.12. The normalized spacial score (nSPS) is 27.2. The third kappa shape index (κ3) is 3.20. The SMILES string of the molecule is C#CCC(N)C(=O)N1CC(C)OC(CO)C1. The van der Waals surface area contributed by atoms with Crippen LogP contribution < -0.4 is 5.73 Å². The van der Waals surface area contributed by atoms with Crippen molar-refractivity contribution in [2.75, 3.05) is 19.7 Å². The molecule has 0 aromatic rings. The first kappa shape index (κ1) is 13.0. The van der Waals surface area contributed by atoms with Crippen molar-refractivity contribution in [3.8, 4) is 12.3 Å². The Morgan fingerprint density at radius 3 is 3.00 bits per heavy atom. The van der Waals surface area contributed by atoms with E-state index in [1.54, 1.807) is 4.90 Å². The number of carbonyl (C=O) groups excluding carboxylic acids is 1. The number of carbonyl (C=O) groups is 1. The molecule has 90 valence electrons. The average Bonchev–Trinajstić information content (AvgIpc) is 2.27. The molecule has 5 heteroatoms. The summed E-state index contributed by atoms with van der Waals surface area (Å²) in [6.07, 6.45) is 4.92. The molecule has 1 rings (SSSR count). The number of amides is 1. The van der Waals surface area contributed by atoms with Crippen molar-refractivity contribution >= 4 is 5.91 Å². The van der Waals surface area contributed by atoms with Crippen molar-refractivity contribution in [1.29, 1.82) is 0 Å². The van der Waals surface area contributed by atoms with Gasteiger partial charge in [0.2, 0.25) is 5.91 Å². The number of aliphatic hydroxyl groups excluding tert-OH is 1. The monoisotopic (exact) mass is 226 g/mol. The van der Waals surface area contributed by atoms with Gasteiger partial charge in [-0.3, -0.25) is 4.79 Å². The van der Waals surface area contributed by atoms with Gasteiger partial charge in [-0.25, -0.2) is 0 Å². The standard InChI is InChI=1S/C11H18N2O3/c1-3-4-10(12)11(15)13-5-8(2)16-9(6-13)7-14/h1,8-10,14H,4-7,12H2,2H3. The van der Waals surface area contributed by atoms with E-state index in [1.165, 1.54) is 0 Å². The van der Waals surface area contributed by atoms with Gasteiger partial charge in [-0.2, -0.15) is 0 Å². The smallest absolute Gasteiger partial charge is 0.240 e. The van der Waals surface area contributed by atoms with Crippen LogP contribution in [0.25, 0.3) is 0 Å². The van der Waals surface area contributed by atoms with Crippen LogP contribution in [0.4, 0.5) is 0 Å². The molecule has 0 bridgehead atoms. The summed E-state index contributed by atoms with van der Waals surface area (Å²) in [4.78, 5) is 13.5. The van der Waals surface area contributed by atoms with Crippen LogP contribution in [0.1, 0.15) is 13.3 Å². The molecule has 3 N–H and O–H groups in total. The van der Waals surface area contributed by atoms with Crippen LogP contribution in [0, 0.1) is 12.3 Å². The molecule has 0 spiro atoms. The molecule has 1 amide bonds. The molecule has 1 heterocycles. The van der Waals surface area contributed by atoms with Gasteiger partial charge in [-0.15, -0.1) is 12.3 Å². The molecule has 0 aromatic heterocycles. The Bertz CT molecular complexity index is 287. The summed E-state index contributed by atoms with van der Waals surface area (Å²) in [7, 11) is 0. The van der Waals surface area contributed by atoms with Gasteiger partial charge >= 0.3 is 0 Å². The zero-order chi connectivity index (χ0) is 12.1. The minimum Gasteiger partial charge on any atom is -0.394 e. The number of nitrogens with two attached hydrogens (primary N) is 1. The second-order valence-electron chi connectivity index (χ2n) is 4.01. The molecule has 0 saturated carbocycles. The minimum absolute atomic E-state index is 0.0899. The van der Waals surface area contributed by atoms with Crippen molar-refractivity contribution in [2.45, 2.75) is 31.6 Å². The molecular weight excluding hydrogens is 208 g/mol. The van der Waals surface area contributed by atoms with E-state index in [9.17, 15) is 4.79 Å². The number of morpholine rings is 1. The fourth-order valence-electron chi connectivity index (χ4n) is 1.77. The predicted octanol–water partition coefficient (Wildman–Crippen LogP) is -1.05. The molecule has 0 aliphatic carbocycles. The number of aliphatic hydroxyl groups is 1. The molecule has 1 fully saturated rings. The lowest BCUT2D eigenvalue weighted by Gasteiger charge is -2.37. The fraction of sp³-hybridized carbons (Fsp3) is 0.727. The molecule has 3 unspecified atom stereocenters. The zero-order valence-electron chi connectivity index (χ0n) is 9.43. The van der Waals surface area contributed by atoms with Crippen LogP contribution in [0.3, 0.4) is 0 Å². The Kier molecular flexibility index (Phi) is 4.74. The van der Waals surface area contributed by atoms with Crippen LogP contribution in [0.5, 0.6) is 0 Å². The lowest BCUT2D eigenvalue weighted by atomic mass is 10.1. The quantitative estimate of drug-likeness (QED) is 0.602. The summed E-state index contributed by atoms with van der Waals surface area (Å²) in [5, 5.41) is 9.02. The number of ether oxygens (including phenoxy) is 1. The van der Waals surface area contributed by atoms with Gasteiger partial charge in [-0.05, 0) is 6.92 Å². The van der Waals surface area contributed by atoms with Crippen LogP contribution in [0.2, 0.25) is 0 Å². The van der Waals surface area contributed by atoms with Crippen LogP contribution in [0.15, 0.2) is 0 Å². The molecular formula is C11H18N2O3. The third-order valence-corrected chi connectivity index (χ3v) is 2.50. The molecule has 5 nitrogen and oxygen atoms in total. The van der Waals surface area contributed by atoms with E-state index in [0.29, 0.717) is 13.1 Å². The van der Waals surface area contributed by atoms with Crippen LogP contribution >= 0.6 is 0 Å². The Morgan fingerprint density at radius 2 is 2.44 bits per heavy atom. The van der Waals surface area contributed by atoms with Gasteiger partial charge < -0.3 is 20.5 Å². The second-order valence-corrected chi connectivity index (χ2v) is 4.01. The van der Waals surface area contributed by atoms with Crippen molar-refractivity contribution < 1.29 is 14.6 Å². The Hall–Kier alpha value is -1.09. The van der Waals surface area contributed by atoms with E-state index < -0.39 is 6.04 Å². The third-order valence-electron chi connectivity index (χ3n) is 2.50. The van der Waals surface area contributed by atoms with Gasteiger partial charge in [0.05, 0.1) is 24.9 Å². The van der Waals surface area contributed by atoms with E-state index in [1.807, 2.05) is 6.92 Å². The maximum Gasteiger partial charge on any atom is 0.240 e. The highest BCUT2D eigenvalue weighted by Gasteiger charge is 2.30. The largest absolute Gasteiger partial charge is 0.394 e. The Morgan fingerprint density at radius 1 is 1.75 bits per heavy atom.